The molecule has 0 spiro atoms. The van der Waals surface area contributed by atoms with Gasteiger partial charge in [0.25, 0.3) is 0 Å². The van der Waals surface area contributed by atoms with Crippen molar-refractivity contribution in [3.05, 3.63) is 36.2 Å². The maximum Gasteiger partial charge on any atom is 1.00 e. The Morgan fingerprint density at radius 1 is 1.21 bits per heavy atom. The van der Waals surface area contributed by atoms with Crippen molar-refractivity contribution in [3.63, 3.8) is 0 Å². The summed E-state index contributed by atoms with van der Waals surface area (Å²) in [5.41, 5.74) is 1.000. The number of pyridine rings is 2. The average Bonchev–Trinajstić information content (AvgIpc) is 2.17. The fourth-order valence-electron chi connectivity index (χ4n) is 1.14. The number of nitrogens with zero attached hydrogens (tertiary/aromatic N) is 2. The number of rotatable bonds is 1. The summed E-state index contributed by atoms with van der Waals surface area (Å²) in [5.74, 6) is -1.23. The van der Waals surface area contributed by atoms with Gasteiger partial charge in [-0.3, -0.25) is 9.97 Å². The van der Waals surface area contributed by atoms with Crippen molar-refractivity contribution < 1.29 is 28.8 Å². The normalized spacial score (nSPS) is 9.43. The molecule has 2 aromatic rings. The van der Waals surface area contributed by atoms with Crippen molar-refractivity contribution in [1.82, 2.24) is 9.97 Å². The Labute approximate surface area is 92.2 Å². The van der Waals surface area contributed by atoms with Crippen molar-refractivity contribution in [2.45, 2.75) is 0 Å². The molecule has 0 fully saturated rings. The predicted octanol–water partition coefficient (Wildman–Crippen LogP) is -3.00. The third-order valence-corrected chi connectivity index (χ3v) is 1.72. The summed E-state index contributed by atoms with van der Waals surface area (Å²) in [6.07, 6.45) is 2.95. The number of carboxylic acid groups (broad SMARTS) is 1. The molecule has 64 valence electrons. The molecule has 0 atom stereocenters. The number of aromatic nitrogens is 2. The van der Waals surface area contributed by atoms with Gasteiger partial charge < -0.3 is 9.90 Å². The zero-order chi connectivity index (χ0) is 9.26. The van der Waals surface area contributed by atoms with Crippen LogP contribution in [0.3, 0.4) is 0 Å². The van der Waals surface area contributed by atoms with E-state index in [0.29, 0.717) is 11.0 Å². The molecule has 2 aromatic heterocycles. The van der Waals surface area contributed by atoms with E-state index in [2.05, 4.69) is 9.97 Å². The quantitative estimate of drug-likeness (QED) is 0.438. The number of carboxylic acids is 1. The van der Waals surface area contributed by atoms with Crippen LogP contribution in [0, 0.1) is 0 Å². The van der Waals surface area contributed by atoms with E-state index in [4.69, 9.17) is 0 Å². The summed E-state index contributed by atoms with van der Waals surface area (Å²) in [5, 5.41) is 10.6. The van der Waals surface area contributed by atoms with Crippen LogP contribution < -0.4 is 24.0 Å². The summed E-state index contributed by atoms with van der Waals surface area (Å²) in [7, 11) is 0. The van der Waals surface area contributed by atoms with Crippen LogP contribution in [0.4, 0.5) is 0 Å². The minimum absolute atomic E-state index is 0. The zero-order valence-electron chi connectivity index (χ0n) is 7.60. The summed E-state index contributed by atoms with van der Waals surface area (Å²) in [6, 6.07) is 4.79. The molecule has 4 nitrogen and oxygen atoms in total. The number of fused-ring (bicyclic) bond motifs is 1. The van der Waals surface area contributed by atoms with Crippen molar-refractivity contribution in [3.8, 4) is 0 Å². The van der Waals surface area contributed by atoms with Crippen LogP contribution in [0.2, 0.25) is 0 Å². The Morgan fingerprint density at radius 2 is 2.00 bits per heavy atom. The molecule has 0 aliphatic carbocycles. The van der Waals surface area contributed by atoms with Gasteiger partial charge in [0.05, 0.1) is 17.0 Å². The van der Waals surface area contributed by atoms with Gasteiger partial charge in [-0.15, -0.1) is 0 Å². The Morgan fingerprint density at radius 3 is 2.71 bits per heavy atom. The van der Waals surface area contributed by atoms with Crippen LogP contribution in [-0.2, 0) is 0 Å². The molecule has 0 aromatic carbocycles. The molecular formula is C9H5LiN2O2. The first-order valence-corrected chi connectivity index (χ1v) is 3.70. The van der Waals surface area contributed by atoms with E-state index in [1.807, 2.05) is 0 Å². The van der Waals surface area contributed by atoms with Gasteiger partial charge in [-0.25, -0.2) is 0 Å². The summed E-state index contributed by atoms with van der Waals surface area (Å²) < 4.78 is 0. The van der Waals surface area contributed by atoms with Crippen LogP contribution in [-0.4, -0.2) is 15.9 Å². The first-order valence-electron chi connectivity index (χ1n) is 3.70. The average molecular weight is 180 g/mol. The van der Waals surface area contributed by atoms with Crippen molar-refractivity contribution in [1.29, 1.82) is 0 Å². The second kappa shape index (κ2) is 4.23. The van der Waals surface area contributed by atoms with Crippen LogP contribution in [0.1, 0.15) is 10.4 Å². The van der Waals surface area contributed by atoms with E-state index in [9.17, 15) is 9.90 Å². The van der Waals surface area contributed by atoms with E-state index >= 15 is 0 Å². The number of hydrogen-bond acceptors (Lipinski definition) is 4. The SMILES string of the molecule is O=C([O-])c1ccnc2cccnc12.[Li+]. The molecule has 0 radical (unpaired) electrons. The third kappa shape index (κ3) is 1.76. The minimum Gasteiger partial charge on any atom is -0.545 e. The molecule has 0 unspecified atom stereocenters. The molecule has 0 amide bonds. The molecule has 0 saturated carbocycles. The number of carbonyl (C=O) groups excluding carboxylic acids is 1. The standard InChI is InChI=1S/C9H6N2O2.Li/c12-9(13)6-3-5-10-7-2-1-4-11-8(6)7;/h1-5H,(H,12,13);/q;+1/p-1. The molecule has 0 saturated heterocycles. The molecule has 5 heteroatoms. The fraction of sp³-hybridized carbons (Fsp3) is 0. The Kier molecular flexibility index (Phi) is 3.23. The van der Waals surface area contributed by atoms with E-state index in [1.165, 1.54) is 18.5 Å². The summed E-state index contributed by atoms with van der Waals surface area (Å²) >= 11 is 0. The van der Waals surface area contributed by atoms with Gasteiger partial charge in [-0.05, 0) is 18.2 Å². The van der Waals surface area contributed by atoms with Crippen molar-refractivity contribution in [2.24, 2.45) is 0 Å². The molecule has 2 rings (SSSR count). The van der Waals surface area contributed by atoms with Gasteiger partial charge in [0, 0.05) is 18.0 Å². The Balaban J connectivity index is 0.000000980. The van der Waals surface area contributed by atoms with E-state index in [0.717, 1.165) is 0 Å². The van der Waals surface area contributed by atoms with Gasteiger partial charge in [0.2, 0.25) is 0 Å². The van der Waals surface area contributed by atoms with Gasteiger partial charge in [0.1, 0.15) is 0 Å². The second-order valence-corrected chi connectivity index (χ2v) is 2.52. The van der Waals surface area contributed by atoms with Crippen LogP contribution in [0.15, 0.2) is 30.6 Å². The van der Waals surface area contributed by atoms with Gasteiger partial charge >= 0.3 is 18.9 Å². The van der Waals surface area contributed by atoms with E-state index in [1.54, 1.807) is 12.1 Å². The van der Waals surface area contributed by atoms with Crippen LogP contribution >= 0.6 is 0 Å². The zero-order valence-corrected chi connectivity index (χ0v) is 7.60. The molecule has 0 N–H and O–H groups in total. The van der Waals surface area contributed by atoms with Gasteiger partial charge in [-0.1, -0.05) is 0 Å². The third-order valence-electron chi connectivity index (χ3n) is 1.72. The Hall–Kier alpha value is -1.37. The number of aromatic carboxylic acids is 1. The first-order chi connectivity index (χ1) is 6.29. The number of hydrogen-bond donors (Lipinski definition) is 0. The maximum absolute atomic E-state index is 10.6. The molecule has 2 heterocycles. The minimum atomic E-state index is -1.23. The number of carbonyl (C=O) groups is 1. The predicted molar refractivity (Wildman–Crippen MR) is 43.9 cm³/mol. The van der Waals surface area contributed by atoms with Gasteiger partial charge in [0.15, 0.2) is 0 Å². The maximum atomic E-state index is 10.6. The van der Waals surface area contributed by atoms with E-state index < -0.39 is 5.97 Å². The molecule has 0 aliphatic rings. The molecular weight excluding hydrogens is 175 g/mol. The molecule has 14 heavy (non-hydrogen) atoms. The summed E-state index contributed by atoms with van der Waals surface area (Å²) in [4.78, 5) is 18.5. The topological polar surface area (TPSA) is 65.9 Å². The van der Waals surface area contributed by atoms with Crippen LogP contribution in [0.5, 0.6) is 0 Å². The first kappa shape index (κ1) is 10.7. The summed E-state index contributed by atoms with van der Waals surface area (Å²) in [6.45, 7) is 0. The van der Waals surface area contributed by atoms with Crippen LogP contribution in [0.25, 0.3) is 11.0 Å². The molecule has 0 aliphatic heterocycles. The largest absolute Gasteiger partial charge is 1.00 e. The smallest absolute Gasteiger partial charge is 0.545 e. The fourth-order valence-corrected chi connectivity index (χ4v) is 1.14. The monoisotopic (exact) mass is 180 g/mol. The Bertz CT molecular complexity index is 468. The van der Waals surface area contributed by atoms with Crippen molar-refractivity contribution >= 4 is 17.0 Å². The van der Waals surface area contributed by atoms with Crippen molar-refractivity contribution in [2.75, 3.05) is 0 Å². The second-order valence-electron chi connectivity index (χ2n) is 2.52. The van der Waals surface area contributed by atoms with E-state index in [-0.39, 0.29) is 24.4 Å². The van der Waals surface area contributed by atoms with Gasteiger partial charge in [-0.2, -0.15) is 0 Å². The molecule has 0 bridgehead atoms.